The number of carbonyl (C=O) groups is 1. The normalized spacial score (nSPS) is 20.0. The number of ether oxygens (including phenoxy) is 1. The molecule has 0 amide bonds. The maximum absolute atomic E-state index is 12.3. The number of aryl methyl sites for hydroxylation is 1. The molecular formula is C18H21N3O4. The molecule has 2 aromatic heterocycles. The van der Waals surface area contributed by atoms with Crippen LogP contribution < -0.4 is 11.2 Å². The molecule has 0 radical (unpaired) electrons. The quantitative estimate of drug-likeness (QED) is 0.621. The van der Waals surface area contributed by atoms with E-state index in [4.69, 9.17) is 4.74 Å². The highest BCUT2D eigenvalue weighted by molar-refractivity contribution is 5.90. The number of pyridine rings is 1. The third-order valence-corrected chi connectivity index (χ3v) is 4.86. The van der Waals surface area contributed by atoms with Crippen molar-refractivity contribution in [1.82, 2.24) is 14.1 Å². The fraction of sp³-hybridized carbons (Fsp3) is 0.444. The summed E-state index contributed by atoms with van der Waals surface area (Å²) in [6.07, 6.45) is 6.14. The van der Waals surface area contributed by atoms with Gasteiger partial charge in [0, 0.05) is 14.1 Å². The van der Waals surface area contributed by atoms with Crippen LogP contribution in [0.3, 0.4) is 0 Å². The van der Waals surface area contributed by atoms with Gasteiger partial charge in [-0.1, -0.05) is 19.1 Å². The molecule has 132 valence electrons. The van der Waals surface area contributed by atoms with Crippen molar-refractivity contribution in [2.45, 2.75) is 19.8 Å². The number of carbonyl (C=O) groups excluding carboxylic acids is 1. The predicted octanol–water partition coefficient (Wildman–Crippen LogP) is 1.39. The summed E-state index contributed by atoms with van der Waals surface area (Å²) in [5, 5.41) is 0.284. The van der Waals surface area contributed by atoms with Gasteiger partial charge in [-0.2, -0.15) is 0 Å². The minimum absolute atomic E-state index is 0.0924. The lowest BCUT2D eigenvalue weighted by Crippen LogP contribution is -2.37. The average Bonchev–Trinajstić information content (AvgIpc) is 2.63. The number of aromatic nitrogens is 3. The Balaban J connectivity index is 1.86. The molecule has 0 spiro atoms. The molecule has 2 heterocycles. The lowest BCUT2D eigenvalue weighted by Gasteiger charge is -2.24. The van der Waals surface area contributed by atoms with Gasteiger partial charge in [-0.25, -0.2) is 14.6 Å². The van der Waals surface area contributed by atoms with Crippen LogP contribution in [0.25, 0.3) is 11.0 Å². The summed E-state index contributed by atoms with van der Waals surface area (Å²) in [7, 11) is 2.92. The first-order chi connectivity index (χ1) is 11.9. The Kier molecular flexibility index (Phi) is 4.57. The van der Waals surface area contributed by atoms with Gasteiger partial charge >= 0.3 is 11.7 Å². The van der Waals surface area contributed by atoms with Crippen LogP contribution in [-0.2, 0) is 18.8 Å². The van der Waals surface area contributed by atoms with Crippen molar-refractivity contribution < 1.29 is 9.53 Å². The zero-order valence-corrected chi connectivity index (χ0v) is 14.6. The molecule has 3 rings (SSSR count). The second-order valence-electron chi connectivity index (χ2n) is 6.55. The van der Waals surface area contributed by atoms with E-state index in [1.807, 2.05) is 0 Å². The van der Waals surface area contributed by atoms with Crippen molar-refractivity contribution in [2.75, 3.05) is 6.61 Å². The second-order valence-corrected chi connectivity index (χ2v) is 6.55. The van der Waals surface area contributed by atoms with Crippen molar-refractivity contribution in [3.8, 4) is 0 Å². The maximum atomic E-state index is 12.3. The molecule has 2 aromatic rings. The van der Waals surface area contributed by atoms with Crippen molar-refractivity contribution in [3.05, 3.63) is 50.8 Å². The summed E-state index contributed by atoms with van der Waals surface area (Å²) in [4.78, 5) is 40.6. The Hall–Kier alpha value is -2.70. The number of allylic oxidation sites excluding steroid dienone is 2. The molecule has 2 unspecified atom stereocenters. The first-order valence-electron chi connectivity index (χ1n) is 8.29. The van der Waals surface area contributed by atoms with E-state index in [1.54, 1.807) is 0 Å². The van der Waals surface area contributed by atoms with E-state index in [2.05, 4.69) is 24.1 Å². The first kappa shape index (κ1) is 17.1. The zero-order valence-electron chi connectivity index (χ0n) is 14.6. The van der Waals surface area contributed by atoms with E-state index in [-0.39, 0.29) is 16.7 Å². The molecule has 0 fully saturated rings. The van der Waals surface area contributed by atoms with Crippen molar-refractivity contribution in [3.63, 3.8) is 0 Å². The smallest absolute Gasteiger partial charge is 0.357 e. The summed E-state index contributed by atoms with van der Waals surface area (Å²) >= 11 is 0. The molecular weight excluding hydrogens is 322 g/mol. The number of esters is 1. The molecule has 0 saturated heterocycles. The van der Waals surface area contributed by atoms with E-state index >= 15 is 0 Å². The summed E-state index contributed by atoms with van der Waals surface area (Å²) in [5.41, 5.74) is -0.655. The number of nitrogens with zero attached hydrogens (tertiary/aromatic N) is 3. The molecule has 1 aliphatic carbocycles. The summed E-state index contributed by atoms with van der Waals surface area (Å²) < 4.78 is 7.67. The van der Waals surface area contributed by atoms with Crippen LogP contribution in [0.1, 0.15) is 30.3 Å². The Morgan fingerprint density at radius 3 is 2.64 bits per heavy atom. The first-order valence-corrected chi connectivity index (χ1v) is 8.29. The van der Waals surface area contributed by atoms with Crippen LogP contribution >= 0.6 is 0 Å². The highest BCUT2D eigenvalue weighted by atomic mass is 16.5. The van der Waals surface area contributed by atoms with Crippen molar-refractivity contribution in [1.29, 1.82) is 0 Å². The third-order valence-electron chi connectivity index (χ3n) is 4.86. The van der Waals surface area contributed by atoms with Gasteiger partial charge in [-0.15, -0.1) is 0 Å². The summed E-state index contributed by atoms with van der Waals surface area (Å²) in [6, 6.07) is 2.97. The van der Waals surface area contributed by atoms with E-state index in [0.717, 1.165) is 17.4 Å². The van der Waals surface area contributed by atoms with Gasteiger partial charge < -0.3 is 4.74 Å². The Morgan fingerprint density at radius 2 is 1.92 bits per heavy atom. The molecule has 7 nitrogen and oxygen atoms in total. The van der Waals surface area contributed by atoms with Gasteiger partial charge in [0.1, 0.15) is 5.65 Å². The van der Waals surface area contributed by atoms with Crippen LogP contribution in [0.5, 0.6) is 0 Å². The molecule has 0 aromatic carbocycles. The minimum Gasteiger partial charge on any atom is -0.461 e. The second kappa shape index (κ2) is 6.66. The molecule has 1 aliphatic rings. The van der Waals surface area contributed by atoms with Gasteiger partial charge in [0.2, 0.25) is 0 Å². The lowest BCUT2D eigenvalue weighted by atomic mass is 9.85. The molecule has 0 N–H and O–H groups in total. The number of fused-ring (bicyclic) bond motifs is 1. The fourth-order valence-electron chi connectivity index (χ4n) is 3.06. The maximum Gasteiger partial charge on any atom is 0.357 e. The van der Waals surface area contributed by atoms with Gasteiger partial charge in [0.25, 0.3) is 5.56 Å². The number of hydrogen-bond donors (Lipinski definition) is 0. The van der Waals surface area contributed by atoms with Gasteiger partial charge in [0.05, 0.1) is 12.0 Å². The van der Waals surface area contributed by atoms with Gasteiger partial charge in [-0.05, 0) is 36.8 Å². The van der Waals surface area contributed by atoms with Crippen molar-refractivity contribution >= 4 is 17.0 Å². The minimum atomic E-state index is -0.545. The van der Waals surface area contributed by atoms with Gasteiger partial charge in [0.15, 0.2) is 5.69 Å². The molecule has 2 atom stereocenters. The molecule has 0 bridgehead atoms. The predicted molar refractivity (Wildman–Crippen MR) is 93.5 cm³/mol. The van der Waals surface area contributed by atoms with E-state index in [1.165, 1.54) is 30.8 Å². The molecule has 0 aliphatic heterocycles. The van der Waals surface area contributed by atoms with Crippen LogP contribution in [-0.4, -0.2) is 26.7 Å². The average molecular weight is 343 g/mol. The molecule has 0 saturated carbocycles. The van der Waals surface area contributed by atoms with Crippen LogP contribution in [0.15, 0.2) is 33.9 Å². The van der Waals surface area contributed by atoms with Crippen LogP contribution in [0.4, 0.5) is 0 Å². The lowest BCUT2D eigenvalue weighted by molar-refractivity contribution is 0.0389. The van der Waals surface area contributed by atoms with Crippen LogP contribution in [0, 0.1) is 11.8 Å². The van der Waals surface area contributed by atoms with Gasteiger partial charge in [-0.3, -0.25) is 13.9 Å². The molecule has 25 heavy (non-hydrogen) atoms. The van der Waals surface area contributed by atoms with Crippen LogP contribution in [0.2, 0.25) is 0 Å². The van der Waals surface area contributed by atoms with E-state index < -0.39 is 17.2 Å². The fourth-order valence-corrected chi connectivity index (χ4v) is 3.06. The highest BCUT2D eigenvalue weighted by Gasteiger charge is 2.21. The molecule has 7 heteroatoms. The largest absolute Gasteiger partial charge is 0.461 e. The number of hydrogen-bond acceptors (Lipinski definition) is 5. The monoisotopic (exact) mass is 343 g/mol. The number of rotatable bonds is 3. The zero-order chi connectivity index (χ0) is 18.1. The third kappa shape index (κ3) is 3.14. The summed E-state index contributed by atoms with van der Waals surface area (Å²) in [6.45, 7) is 2.47. The standard InChI is InChI=1S/C18H21N3O4/c1-11-6-4-5-7-12(11)10-25-17(23)14-9-8-13-15(19-14)20(2)18(24)21(3)16(13)22/h4-5,8-9,11-12H,6-7,10H2,1-3H3. The van der Waals surface area contributed by atoms with Crippen molar-refractivity contribution in [2.24, 2.45) is 25.9 Å². The highest BCUT2D eigenvalue weighted by Crippen LogP contribution is 2.25. The summed E-state index contributed by atoms with van der Waals surface area (Å²) in [5.74, 6) is 0.217. The Morgan fingerprint density at radius 1 is 1.20 bits per heavy atom. The Labute approximate surface area is 144 Å². The van der Waals surface area contributed by atoms with E-state index in [0.29, 0.717) is 18.4 Å². The Bertz CT molecular complexity index is 971. The SMILES string of the molecule is CC1CC=CCC1COC(=O)c1ccc2c(=O)n(C)c(=O)n(C)c2n1. The topological polar surface area (TPSA) is 83.2 Å². The van der Waals surface area contributed by atoms with E-state index in [9.17, 15) is 14.4 Å².